The minimum atomic E-state index is -4.17. The highest BCUT2D eigenvalue weighted by molar-refractivity contribution is 7.89. The number of esters is 1. The van der Waals surface area contributed by atoms with Crippen molar-refractivity contribution < 1.29 is 27.5 Å². The van der Waals surface area contributed by atoms with E-state index in [-0.39, 0.29) is 28.6 Å². The van der Waals surface area contributed by atoms with Crippen LogP contribution < -0.4 is 20.3 Å². The zero-order chi connectivity index (χ0) is 28.3. The number of carbonyl (C=O) groups excluding carboxylic acids is 2. The molecule has 1 atom stereocenters. The monoisotopic (exact) mass is 550 g/mol. The molecule has 1 unspecified atom stereocenters. The van der Waals surface area contributed by atoms with E-state index in [9.17, 15) is 22.8 Å². The second-order valence-corrected chi connectivity index (χ2v) is 10.4. The van der Waals surface area contributed by atoms with Gasteiger partial charge in [-0.1, -0.05) is 20.8 Å². The van der Waals surface area contributed by atoms with Crippen molar-refractivity contribution >= 4 is 21.9 Å². The number of amides is 1. The highest BCUT2D eigenvalue weighted by Gasteiger charge is 2.27. The number of rotatable bonds is 15. The third kappa shape index (κ3) is 8.38. The molecule has 0 saturated heterocycles. The second-order valence-electron chi connectivity index (χ2n) is 8.73. The zero-order valence-electron chi connectivity index (χ0n) is 22.7. The van der Waals surface area contributed by atoms with Gasteiger partial charge in [0.25, 0.3) is 5.56 Å². The molecule has 3 N–H and O–H groups in total. The van der Waals surface area contributed by atoms with E-state index in [0.29, 0.717) is 61.4 Å². The lowest BCUT2D eigenvalue weighted by Gasteiger charge is -2.18. The summed E-state index contributed by atoms with van der Waals surface area (Å²) in [6, 6.07) is 3.15. The quantitative estimate of drug-likeness (QED) is 0.226. The van der Waals surface area contributed by atoms with Gasteiger partial charge < -0.3 is 19.8 Å². The summed E-state index contributed by atoms with van der Waals surface area (Å²) in [7, 11) is -2.99. The van der Waals surface area contributed by atoms with Crippen molar-refractivity contribution in [2.75, 3.05) is 20.3 Å². The third-order valence-corrected chi connectivity index (χ3v) is 7.31. The number of ether oxygens (including phenoxy) is 2. The fraction of sp³-hybridized carbons (Fsp3) is 0.538. The number of hydrogen-bond donors (Lipinski definition) is 3. The van der Waals surface area contributed by atoms with Crippen LogP contribution in [-0.4, -0.2) is 56.6 Å². The van der Waals surface area contributed by atoms with Gasteiger partial charge >= 0.3 is 5.97 Å². The maximum atomic E-state index is 13.3. The minimum Gasteiger partial charge on any atom is -0.493 e. The minimum absolute atomic E-state index is 0.122. The summed E-state index contributed by atoms with van der Waals surface area (Å²) in [5, 5.41) is 2.66. The van der Waals surface area contributed by atoms with Crippen molar-refractivity contribution in [3.63, 3.8) is 0 Å². The molecule has 0 fully saturated rings. The lowest BCUT2D eigenvalue weighted by atomic mass is 10.1. The van der Waals surface area contributed by atoms with E-state index < -0.39 is 22.0 Å². The van der Waals surface area contributed by atoms with Gasteiger partial charge in [-0.15, -0.1) is 0 Å². The van der Waals surface area contributed by atoms with Crippen LogP contribution in [0.4, 0.5) is 0 Å². The Morgan fingerprint density at radius 2 is 1.87 bits per heavy atom. The van der Waals surface area contributed by atoms with Gasteiger partial charge in [0.1, 0.15) is 17.6 Å². The van der Waals surface area contributed by atoms with E-state index in [1.54, 1.807) is 0 Å². The third-order valence-electron chi connectivity index (χ3n) is 5.84. The molecule has 0 aliphatic carbocycles. The first-order chi connectivity index (χ1) is 18.1. The van der Waals surface area contributed by atoms with Gasteiger partial charge in [0.05, 0.1) is 29.9 Å². The van der Waals surface area contributed by atoms with Gasteiger partial charge in [-0.25, -0.2) is 13.4 Å². The van der Waals surface area contributed by atoms with Crippen LogP contribution in [0.3, 0.4) is 0 Å². The molecule has 2 rings (SSSR count). The van der Waals surface area contributed by atoms with Gasteiger partial charge in [-0.2, -0.15) is 4.72 Å². The van der Waals surface area contributed by atoms with Gasteiger partial charge in [0.15, 0.2) is 0 Å². The number of aryl methyl sites for hydroxylation is 1. The molecule has 38 heavy (non-hydrogen) atoms. The molecule has 1 aromatic carbocycles. The highest BCUT2D eigenvalue weighted by atomic mass is 32.2. The number of nitrogens with one attached hydrogen (secondary N) is 3. The van der Waals surface area contributed by atoms with Crippen LogP contribution in [0.25, 0.3) is 11.4 Å². The van der Waals surface area contributed by atoms with E-state index >= 15 is 0 Å². The predicted molar refractivity (Wildman–Crippen MR) is 143 cm³/mol. The van der Waals surface area contributed by atoms with Gasteiger partial charge in [0.2, 0.25) is 15.9 Å². The summed E-state index contributed by atoms with van der Waals surface area (Å²) >= 11 is 0. The SMILES string of the molecule is CCCOc1ccc(S(=O)(=O)NC(CCCCNC(C)=O)C(=O)OC)cc1-c1nc(CC)c(CC)c(=O)[nH]1. The maximum absolute atomic E-state index is 13.3. The number of unbranched alkanes of at least 4 members (excludes halogenated alkanes) is 1. The molecule has 0 saturated carbocycles. The summed E-state index contributed by atoms with van der Waals surface area (Å²) < 4.78 is 39.7. The van der Waals surface area contributed by atoms with Gasteiger partial charge in [-0.05, 0) is 56.7 Å². The average molecular weight is 551 g/mol. The molecule has 0 aliphatic rings. The molecule has 0 spiro atoms. The molecule has 1 heterocycles. The molecular formula is C26H38N4O7S. The average Bonchev–Trinajstić information content (AvgIpc) is 2.89. The lowest BCUT2D eigenvalue weighted by Crippen LogP contribution is -2.41. The number of nitrogens with zero attached hydrogens (tertiary/aromatic N) is 1. The van der Waals surface area contributed by atoms with Crippen molar-refractivity contribution in [2.24, 2.45) is 0 Å². The first kappa shape index (κ1) is 31.0. The fourth-order valence-corrected chi connectivity index (χ4v) is 5.13. The van der Waals surface area contributed by atoms with Crippen molar-refractivity contribution in [3.8, 4) is 17.1 Å². The number of H-pyrrole nitrogens is 1. The van der Waals surface area contributed by atoms with Crippen LogP contribution in [0.2, 0.25) is 0 Å². The molecule has 1 aromatic heterocycles. The molecule has 0 aliphatic heterocycles. The molecule has 1 amide bonds. The van der Waals surface area contributed by atoms with Crippen molar-refractivity contribution in [1.82, 2.24) is 20.0 Å². The van der Waals surface area contributed by atoms with E-state index in [4.69, 9.17) is 9.47 Å². The Kier molecular flexibility index (Phi) is 11.9. The molecule has 0 bridgehead atoms. The Morgan fingerprint density at radius 1 is 1.13 bits per heavy atom. The summed E-state index contributed by atoms with van der Waals surface area (Å²) in [5.74, 6) is -0.300. The van der Waals surface area contributed by atoms with Gasteiger partial charge in [0, 0.05) is 19.0 Å². The molecule has 12 heteroatoms. The van der Waals surface area contributed by atoms with E-state index in [1.807, 2.05) is 20.8 Å². The summed E-state index contributed by atoms with van der Waals surface area (Å²) in [4.78, 5) is 43.3. The Hall–Kier alpha value is -3.25. The Morgan fingerprint density at radius 3 is 2.47 bits per heavy atom. The normalized spacial score (nSPS) is 12.1. The molecule has 2 aromatic rings. The molecule has 210 valence electrons. The van der Waals surface area contributed by atoms with Crippen LogP contribution in [-0.2, 0) is 37.2 Å². The predicted octanol–water partition coefficient (Wildman–Crippen LogP) is 2.48. The lowest BCUT2D eigenvalue weighted by molar-refractivity contribution is -0.142. The Balaban J connectivity index is 2.43. The summed E-state index contributed by atoms with van der Waals surface area (Å²) in [5.41, 5.74) is 1.24. The standard InChI is InChI=1S/C26H38N4O7S/c1-6-15-37-23-13-12-18(16-20(23)24-28-21(8-3)19(7-2)25(32)29-24)38(34,35)30-22(26(33)36-5)11-9-10-14-27-17(4)31/h12-13,16,22,30H,6-11,14-15H2,1-5H3,(H,27,31)(H,28,29,32). The molecule has 0 radical (unpaired) electrons. The van der Waals surface area contributed by atoms with Crippen LogP contribution >= 0.6 is 0 Å². The number of benzene rings is 1. The second kappa shape index (κ2) is 14.6. The topological polar surface area (TPSA) is 157 Å². The van der Waals surface area contributed by atoms with Crippen LogP contribution in [0.5, 0.6) is 5.75 Å². The number of carbonyl (C=O) groups is 2. The first-order valence-electron chi connectivity index (χ1n) is 12.8. The Bertz CT molecular complexity index is 1270. The smallest absolute Gasteiger partial charge is 0.323 e. The van der Waals surface area contributed by atoms with Crippen LogP contribution in [0, 0.1) is 0 Å². The van der Waals surface area contributed by atoms with Crippen LogP contribution in [0.15, 0.2) is 27.9 Å². The van der Waals surface area contributed by atoms with Crippen LogP contribution in [0.1, 0.15) is 64.6 Å². The number of aromatic amines is 1. The van der Waals surface area contributed by atoms with E-state index in [0.717, 1.165) is 6.42 Å². The highest BCUT2D eigenvalue weighted by Crippen LogP contribution is 2.31. The number of methoxy groups -OCH3 is 1. The Labute approximate surface area is 223 Å². The number of sulfonamides is 1. The summed E-state index contributed by atoms with van der Waals surface area (Å²) in [6.07, 6.45) is 3.00. The molecule has 11 nitrogen and oxygen atoms in total. The number of aromatic nitrogens is 2. The van der Waals surface area contributed by atoms with E-state index in [1.165, 1.54) is 32.2 Å². The first-order valence-corrected chi connectivity index (χ1v) is 14.3. The van der Waals surface area contributed by atoms with Crippen molar-refractivity contribution in [1.29, 1.82) is 0 Å². The zero-order valence-corrected chi connectivity index (χ0v) is 23.5. The fourth-order valence-electron chi connectivity index (χ4n) is 3.89. The van der Waals surface area contributed by atoms with Gasteiger partial charge in [-0.3, -0.25) is 14.4 Å². The maximum Gasteiger partial charge on any atom is 0.323 e. The number of hydrogen-bond acceptors (Lipinski definition) is 8. The van der Waals surface area contributed by atoms with Crippen molar-refractivity contribution in [2.45, 2.75) is 77.2 Å². The van der Waals surface area contributed by atoms with Crippen molar-refractivity contribution in [3.05, 3.63) is 39.8 Å². The van der Waals surface area contributed by atoms with E-state index in [2.05, 4.69) is 20.0 Å². The largest absolute Gasteiger partial charge is 0.493 e. The summed E-state index contributed by atoms with van der Waals surface area (Å²) in [6.45, 7) is 7.92. The molecular weight excluding hydrogens is 512 g/mol.